The van der Waals surface area contributed by atoms with Gasteiger partial charge in [-0.05, 0) is 66.1 Å². The van der Waals surface area contributed by atoms with E-state index in [0.29, 0.717) is 28.9 Å². The summed E-state index contributed by atoms with van der Waals surface area (Å²) in [5.41, 5.74) is 5.79. The number of nitrogens with one attached hydrogen (secondary N) is 1. The van der Waals surface area contributed by atoms with E-state index in [-0.39, 0.29) is 5.91 Å². The number of amides is 1. The maximum absolute atomic E-state index is 13.3. The summed E-state index contributed by atoms with van der Waals surface area (Å²) in [4.78, 5) is 32.9. The van der Waals surface area contributed by atoms with E-state index in [9.17, 15) is 4.79 Å². The minimum atomic E-state index is -0.274. The molecule has 5 aromatic heterocycles. The number of hydrogen-bond donors (Lipinski definition) is 1. The molecule has 0 bridgehead atoms. The molecule has 5 heterocycles. The third-order valence-corrected chi connectivity index (χ3v) is 7.41. The van der Waals surface area contributed by atoms with Gasteiger partial charge < -0.3 is 9.88 Å². The van der Waals surface area contributed by atoms with Crippen LogP contribution in [-0.2, 0) is 0 Å². The molecule has 7 nitrogen and oxygen atoms in total. The van der Waals surface area contributed by atoms with Crippen molar-refractivity contribution in [3.05, 3.63) is 95.6 Å². The molecule has 6 rings (SSSR count). The van der Waals surface area contributed by atoms with Gasteiger partial charge in [0.2, 0.25) is 0 Å². The summed E-state index contributed by atoms with van der Waals surface area (Å²) in [6, 6.07) is 15.4. The fourth-order valence-electron chi connectivity index (χ4n) is 4.34. The summed E-state index contributed by atoms with van der Waals surface area (Å²) in [6.07, 6.45) is 9.48. The quantitative estimate of drug-likeness (QED) is 0.265. The molecule has 0 aromatic carbocycles. The topological polar surface area (TPSA) is 85.6 Å². The first kappa shape index (κ1) is 23.2. The first-order valence-electron chi connectivity index (χ1n) is 12.4. The molecule has 1 saturated carbocycles. The molecule has 0 radical (unpaired) electrons. The smallest absolute Gasteiger partial charge is 0.258 e. The SMILES string of the molecule is CC(C)c1ccsc1-c1cccc(NC(=O)c2cnc(-c3ccccn3)c(-n3cnc(C4CC4)c3)c2)n1. The van der Waals surface area contributed by atoms with E-state index in [1.165, 1.54) is 18.4 Å². The molecule has 1 aliphatic rings. The predicted molar refractivity (Wildman–Crippen MR) is 146 cm³/mol. The number of thiophene rings is 1. The number of imidazole rings is 1. The third-order valence-electron chi connectivity index (χ3n) is 6.45. The summed E-state index contributed by atoms with van der Waals surface area (Å²) >= 11 is 1.66. The fourth-order valence-corrected chi connectivity index (χ4v) is 5.36. The van der Waals surface area contributed by atoms with Crippen LogP contribution >= 0.6 is 11.3 Å². The van der Waals surface area contributed by atoms with Crippen molar-refractivity contribution in [1.29, 1.82) is 0 Å². The van der Waals surface area contributed by atoms with Crippen LogP contribution in [0.1, 0.15) is 60.1 Å². The Balaban J connectivity index is 1.32. The number of carbonyl (C=O) groups excluding carboxylic acids is 1. The number of carbonyl (C=O) groups is 1. The predicted octanol–water partition coefficient (Wildman–Crippen LogP) is 6.71. The van der Waals surface area contributed by atoms with E-state index in [1.54, 1.807) is 36.1 Å². The summed E-state index contributed by atoms with van der Waals surface area (Å²) in [6.45, 7) is 4.34. The summed E-state index contributed by atoms with van der Waals surface area (Å²) < 4.78 is 1.94. The molecule has 184 valence electrons. The largest absolute Gasteiger partial charge is 0.306 e. The van der Waals surface area contributed by atoms with Crippen molar-refractivity contribution in [2.45, 2.75) is 38.5 Å². The van der Waals surface area contributed by atoms with Gasteiger partial charge in [-0.3, -0.25) is 14.8 Å². The van der Waals surface area contributed by atoms with Crippen molar-refractivity contribution < 1.29 is 4.79 Å². The van der Waals surface area contributed by atoms with Gasteiger partial charge in [0.05, 0.1) is 39.5 Å². The number of rotatable bonds is 7. The number of nitrogens with zero attached hydrogens (tertiary/aromatic N) is 5. The van der Waals surface area contributed by atoms with Crippen molar-refractivity contribution in [2.75, 3.05) is 5.32 Å². The Bertz CT molecular complexity index is 1570. The first-order chi connectivity index (χ1) is 18.1. The molecule has 1 amide bonds. The Kier molecular flexibility index (Phi) is 6.10. The molecule has 1 fully saturated rings. The molecule has 0 spiro atoms. The standard InChI is InChI=1S/C29H26N6OS/c1-18(2)21-11-13-37-28(21)23-7-5-8-26(33-23)34-29(36)20-14-25(35-16-24(32-17-35)19-9-10-19)27(31-15-20)22-6-3-4-12-30-22/h3-8,11-19H,9-10H2,1-2H3,(H,33,34,36). The molecule has 0 saturated heterocycles. The maximum Gasteiger partial charge on any atom is 0.258 e. The van der Waals surface area contributed by atoms with Gasteiger partial charge in [-0.15, -0.1) is 11.3 Å². The van der Waals surface area contributed by atoms with Crippen molar-refractivity contribution in [1.82, 2.24) is 24.5 Å². The zero-order valence-corrected chi connectivity index (χ0v) is 21.4. The van der Waals surface area contributed by atoms with Crippen molar-refractivity contribution >= 4 is 23.1 Å². The summed E-state index contributed by atoms with van der Waals surface area (Å²) in [5.74, 6) is 1.15. The van der Waals surface area contributed by atoms with Crippen LogP contribution in [0.4, 0.5) is 5.82 Å². The second-order valence-electron chi connectivity index (χ2n) is 9.51. The van der Waals surface area contributed by atoms with Crippen LogP contribution in [0.25, 0.3) is 27.6 Å². The molecular formula is C29H26N6OS. The normalized spacial score (nSPS) is 13.2. The Morgan fingerprint density at radius 3 is 2.70 bits per heavy atom. The molecule has 0 atom stereocenters. The second kappa shape index (κ2) is 9.71. The lowest BCUT2D eigenvalue weighted by molar-refractivity contribution is 0.102. The van der Waals surface area contributed by atoms with Gasteiger partial charge in [-0.25, -0.2) is 9.97 Å². The van der Waals surface area contributed by atoms with Crippen LogP contribution < -0.4 is 5.32 Å². The fraction of sp³-hybridized carbons (Fsp3) is 0.207. The Hall–Kier alpha value is -4.17. The third kappa shape index (κ3) is 4.80. The average molecular weight is 507 g/mol. The van der Waals surface area contributed by atoms with E-state index in [4.69, 9.17) is 4.98 Å². The van der Waals surface area contributed by atoms with Gasteiger partial charge in [0.1, 0.15) is 11.5 Å². The number of pyridine rings is 3. The highest BCUT2D eigenvalue weighted by atomic mass is 32.1. The van der Waals surface area contributed by atoms with Crippen LogP contribution in [-0.4, -0.2) is 30.4 Å². The summed E-state index contributed by atoms with van der Waals surface area (Å²) in [7, 11) is 0. The molecule has 1 N–H and O–H groups in total. The zero-order chi connectivity index (χ0) is 25.4. The molecule has 5 aromatic rings. The molecule has 1 aliphatic carbocycles. The summed E-state index contributed by atoms with van der Waals surface area (Å²) in [5, 5.41) is 5.04. The number of aromatic nitrogens is 5. The van der Waals surface area contributed by atoms with E-state index in [0.717, 1.165) is 27.6 Å². The maximum atomic E-state index is 13.3. The lowest BCUT2D eigenvalue weighted by Crippen LogP contribution is -2.14. The first-order valence-corrected chi connectivity index (χ1v) is 13.3. The van der Waals surface area contributed by atoms with Crippen molar-refractivity contribution in [2.24, 2.45) is 0 Å². The van der Waals surface area contributed by atoms with Gasteiger partial charge in [-0.1, -0.05) is 26.0 Å². The lowest BCUT2D eigenvalue weighted by Gasteiger charge is -2.12. The average Bonchev–Trinajstić information content (AvgIpc) is 3.44. The molecule has 8 heteroatoms. The van der Waals surface area contributed by atoms with Crippen molar-refractivity contribution in [3.8, 4) is 27.6 Å². The Labute approximate surface area is 219 Å². The molecule has 0 unspecified atom stereocenters. The number of hydrogen-bond acceptors (Lipinski definition) is 6. The van der Waals surface area contributed by atoms with E-state index in [1.807, 2.05) is 47.2 Å². The van der Waals surface area contributed by atoms with Gasteiger partial charge in [0.15, 0.2) is 0 Å². The highest BCUT2D eigenvalue weighted by molar-refractivity contribution is 7.13. The van der Waals surface area contributed by atoms with Crippen molar-refractivity contribution in [3.63, 3.8) is 0 Å². The molecule has 37 heavy (non-hydrogen) atoms. The van der Waals surface area contributed by atoms with Crippen LogP contribution in [0, 0.1) is 0 Å². The van der Waals surface area contributed by atoms with E-state index < -0.39 is 0 Å². The van der Waals surface area contributed by atoms with Gasteiger partial charge in [0, 0.05) is 24.5 Å². The van der Waals surface area contributed by atoms with Crippen LogP contribution in [0.2, 0.25) is 0 Å². The molecular weight excluding hydrogens is 480 g/mol. The van der Waals surface area contributed by atoms with Gasteiger partial charge in [-0.2, -0.15) is 0 Å². The van der Waals surface area contributed by atoms with E-state index >= 15 is 0 Å². The van der Waals surface area contributed by atoms with Gasteiger partial charge >= 0.3 is 0 Å². The number of anilines is 1. The molecule has 0 aliphatic heterocycles. The minimum Gasteiger partial charge on any atom is -0.306 e. The van der Waals surface area contributed by atoms with Crippen LogP contribution in [0.3, 0.4) is 0 Å². The highest BCUT2D eigenvalue weighted by Crippen LogP contribution is 2.39. The second-order valence-corrected chi connectivity index (χ2v) is 10.4. The van der Waals surface area contributed by atoms with Crippen LogP contribution in [0.15, 0.2) is 78.8 Å². The monoisotopic (exact) mass is 506 g/mol. The van der Waals surface area contributed by atoms with E-state index in [2.05, 4.69) is 45.6 Å². The minimum absolute atomic E-state index is 0.274. The Morgan fingerprint density at radius 1 is 1.05 bits per heavy atom. The highest BCUT2D eigenvalue weighted by Gasteiger charge is 2.26. The van der Waals surface area contributed by atoms with Gasteiger partial charge in [0.25, 0.3) is 5.91 Å². The van der Waals surface area contributed by atoms with Crippen LogP contribution in [0.5, 0.6) is 0 Å². The zero-order valence-electron chi connectivity index (χ0n) is 20.6. The lowest BCUT2D eigenvalue weighted by atomic mass is 10.0. The Morgan fingerprint density at radius 2 is 1.92 bits per heavy atom.